The number of hydrogen-bond donors (Lipinski definition) is 3. The number of nitrogen functional groups attached to an aromatic ring is 1. The van der Waals surface area contributed by atoms with Gasteiger partial charge in [0, 0.05) is 16.2 Å². The van der Waals surface area contributed by atoms with Crippen LogP contribution >= 0.6 is 15.9 Å². The van der Waals surface area contributed by atoms with Crippen LogP contribution in [0, 0.1) is 12.7 Å². The van der Waals surface area contributed by atoms with E-state index in [0.717, 1.165) is 5.56 Å². The van der Waals surface area contributed by atoms with Crippen molar-refractivity contribution in [1.82, 2.24) is 9.97 Å². The molecule has 1 heterocycles. The van der Waals surface area contributed by atoms with E-state index in [-0.39, 0.29) is 5.82 Å². The minimum Gasteiger partial charge on any atom is -0.339 e. The number of anilines is 3. The fourth-order valence-electron chi connectivity index (χ4n) is 1.36. The molecular formula is C11H11BrFN5. The number of hydrogen-bond acceptors (Lipinski definition) is 5. The third-order valence-electron chi connectivity index (χ3n) is 2.29. The smallest absolute Gasteiger partial charge is 0.239 e. The van der Waals surface area contributed by atoms with Gasteiger partial charge in [0.25, 0.3) is 0 Å². The van der Waals surface area contributed by atoms with E-state index in [4.69, 9.17) is 5.84 Å². The molecule has 0 saturated carbocycles. The average molecular weight is 312 g/mol. The molecule has 4 N–H and O–H groups in total. The summed E-state index contributed by atoms with van der Waals surface area (Å²) in [6, 6.07) is 4.36. The molecule has 0 aliphatic carbocycles. The lowest BCUT2D eigenvalue weighted by atomic mass is 10.3. The van der Waals surface area contributed by atoms with Crippen LogP contribution in [0.1, 0.15) is 5.56 Å². The number of rotatable bonds is 3. The van der Waals surface area contributed by atoms with Crippen molar-refractivity contribution in [2.45, 2.75) is 6.92 Å². The molecule has 1 aromatic heterocycles. The van der Waals surface area contributed by atoms with E-state index in [0.29, 0.717) is 21.9 Å². The quantitative estimate of drug-likeness (QED) is 0.600. The topological polar surface area (TPSA) is 75.9 Å². The normalized spacial score (nSPS) is 10.2. The molecular weight excluding hydrogens is 301 g/mol. The molecule has 0 spiro atoms. The van der Waals surface area contributed by atoms with Gasteiger partial charge in [-0.25, -0.2) is 15.2 Å². The van der Waals surface area contributed by atoms with Gasteiger partial charge in [-0.3, -0.25) is 5.43 Å². The molecule has 0 atom stereocenters. The molecule has 18 heavy (non-hydrogen) atoms. The van der Waals surface area contributed by atoms with Gasteiger partial charge >= 0.3 is 0 Å². The second-order valence-corrected chi connectivity index (χ2v) is 4.47. The summed E-state index contributed by atoms with van der Waals surface area (Å²) in [5, 5.41) is 3.08. The number of nitrogens with zero attached hydrogens (tertiary/aromatic N) is 2. The Morgan fingerprint density at radius 1 is 1.39 bits per heavy atom. The maximum atomic E-state index is 13.0. The fourth-order valence-corrected chi connectivity index (χ4v) is 1.81. The van der Waals surface area contributed by atoms with Gasteiger partial charge in [-0.05, 0) is 41.1 Å². The van der Waals surface area contributed by atoms with Crippen molar-refractivity contribution in [2.75, 3.05) is 10.7 Å². The summed E-state index contributed by atoms with van der Waals surface area (Å²) in [7, 11) is 0. The Kier molecular flexibility index (Phi) is 3.73. The first-order valence-electron chi connectivity index (χ1n) is 5.12. The highest BCUT2D eigenvalue weighted by atomic mass is 79.9. The first-order chi connectivity index (χ1) is 8.60. The first-order valence-corrected chi connectivity index (χ1v) is 5.92. The molecule has 0 aliphatic rings. The van der Waals surface area contributed by atoms with Crippen molar-refractivity contribution in [3.8, 4) is 0 Å². The third kappa shape index (κ3) is 2.74. The van der Waals surface area contributed by atoms with E-state index in [2.05, 4.69) is 36.6 Å². The lowest BCUT2D eigenvalue weighted by Gasteiger charge is -2.11. The summed E-state index contributed by atoms with van der Waals surface area (Å²) < 4.78 is 13.6. The standard InChI is InChI=1S/C11H11BrFN5/c1-6-5-15-11(18-14)17-10(6)16-9-3-2-7(13)4-8(9)12/h2-5H,14H2,1H3,(H2,15,16,17,18). The SMILES string of the molecule is Cc1cnc(NN)nc1Nc1ccc(F)cc1Br. The van der Waals surface area contributed by atoms with E-state index in [9.17, 15) is 4.39 Å². The zero-order valence-electron chi connectivity index (χ0n) is 9.54. The molecule has 0 bridgehead atoms. The number of aryl methyl sites for hydroxylation is 1. The minimum absolute atomic E-state index is 0.307. The molecule has 1 aromatic carbocycles. The molecule has 7 heteroatoms. The Hall–Kier alpha value is -1.73. The van der Waals surface area contributed by atoms with Crippen molar-refractivity contribution in [1.29, 1.82) is 0 Å². The highest BCUT2D eigenvalue weighted by Crippen LogP contribution is 2.27. The molecule has 2 aromatic rings. The summed E-state index contributed by atoms with van der Waals surface area (Å²) in [6.45, 7) is 1.86. The highest BCUT2D eigenvalue weighted by molar-refractivity contribution is 9.10. The van der Waals surface area contributed by atoms with Crippen molar-refractivity contribution < 1.29 is 4.39 Å². The summed E-state index contributed by atoms with van der Waals surface area (Å²) in [5.74, 6) is 5.85. The van der Waals surface area contributed by atoms with E-state index in [1.165, 1.54) is 12.1 Å². The Morgan fingerprint density at radius 2 is 2.17 bits per heavy atom. The van der Waals surface area contributed by atoms with Gasteiger partial charge in [0.05, 0.1) is 5.69 Å². The predicted octanol–water partition coefficient (Wildman–Crippen LogP) is 2.72. The number of benzene rings is 1. The van der Waals surface area contributed by atoms with E-state index < -0.39 is 0 Å². The number of hydrazine groups is 1. The molecule has 0 radical (unpaired) electrons. The minimum atomic E-state index is -0.309. The summed E-state index contributed by atoms with van der Waals surface area (Å²) in [6.07, 6.45) is 1.64. The maximum absolute atomic E-state index is 13.0. The lowest BCUT2D eigenvalue weighted by molar-refractivity contribution is 0.627. The molecule has 0 amide bonds. The molecule has 5 nitrogen and oxygen atoms in total. The molecule has 0 saturated heterocycles. The molecule has 94 valence electrons. The zero-order valence-corrected chi connectivity index (χ0v) is 11.1. The van der Waals surface area contributed by atoms with E-state index >= 15 is 0 Å². The number of aromatic nitrogens is 2. The summed E-state index contributed by atoms with van der Waals surface area (Å²) in [4.78, 5) is 8.15. The van der Waals surface area contributed by atoms with Crippen LogP contribution < -0.4 is 16.6 Å². The second kappa shape index (κ2) is 5.28. The van der Waals surface area contributed by atoms with Gasteiger partial charge in [0.1, 0.15) is 11.6 Å². The largest absolute Gasteiger partial charge is 0.339 e. The van der Waals surface area contributed by atoms with Crippen LogP contribution in [-0.2, 0) is 0 Å². The van der Waals surface area contributed by atoms with Gasteiger partial charge in [0.2, 0.25) is 5.95 Å². The Labute approximate surface area is 112 Å². The van der Waals surface area contributed by atoms with Crippen molar-refractivity contribution in [3.05, 3.63) is 40.2 Å². The van der Waals surface area contributed by atoms with Gasteiger partial charge in [-0.2, -0.15) is 4.98 Å². The van der Waals surface area contributed by atoms with E-state index in [1.54, 1.807) is 12.3 Å². The lowest BCUT2D eigenvalue weighted by Crippen LogP contribution is -2.11. The van der Waals surface area contributed by atoms with Crippen LogP contribution in [0.5, 0.6) is 0 Å². The van der Waals surface area contributed by atoms with Crippen LogP contribution in [0.2, 0.25) is 0 Å². The molecule has 0 fully saturated rings. The summed E-state index contributed by atoms with van der Waals surface area (Å²) >= 11 is 3.28. The van der Waals surface area contributed by atoms with Crippen LogP contribution in [-0.4, -0.2) is 9.97 Å². The summed E-state index contributed by atoms with van der Waals surface area (Å²) in [5.41, 5.74) is 3.93. The zero-order chi connectivity index (χ0) is 13.1. The Balaban J connectivity index is 2.33. The third-order valence-corrected chi connectivity index (χ3v) is 2.94. The Morgan fingerprint density at radius 3 is 2.83 bits per heavy atom. The maximum Gasteiger partial charge on any atom is 0.239 e. The van der Waals surface area contributed by atoms with Gasteiger partial charge in [0.15, 0.2) is 0 Å². The first kappa shape index (κ1) is 12.7. The van der Waals surface area contributed by atoms with Crippen LogP contribution in [0.4, 0.5) is 21.8 Å². The number of nitrogens with one attached hydrogen (secondary N) is 2. The van der Waals surface area contributed by atoms with Crippen molar-refractivity contribution in [2.24, 2.45) is 5.84 Å². The average Bonchev–Trinajstić information content (AvgIpc) is 2.35. The molecule has 2 rings (SSSR count). The fraction of sp³-hybridized carbons (Fsp3) is 0.0909. The van der Waals surface area contributed by atoms with E-state index in [1.807, 2.05) is 6.92 Å². The monoisotopic (exact) mass is 311 g/mol. The number of nitrogens with two attached hydrogens (primary N) is 1. The Bertz CT molecular complexity index is 575. The molecule has 0 unspecified atom stereocenters. The molecule has 0 aliphatic heterocycles. The predicted molar refractivity (Wildman–Crippen MR) is 72.0 cm³/mol. The van der Waals surface area contributed by atoms with Crippen molar-refractivity contribution in [3.63, 3.8) is 0 Å². The van der Waals surface area contributed by atoms with Gasteiger partial charge in [-0.1, -0.05) is 0 Å². The highest BCUT2D eigenvalue weighted by Gasteiger charge is 2.06. The van der Waals surface area contributed by atoms with Crippen LogP contribution in [0.25, 0.3) is 0 Å². The van der Waals surface area contributed by atoms with Crippen LogP contribution in [0.3, 0.4) is 0 Å². The van der Waals surface area contributed by atoms with Crippen molar-refractivity contribution >= 4 is 33.4 Å². The van der Waals surface area contributed by atoms with Gasteiger partial charge < -0.3 is 5.32 Å². The second-order valence-electron chi connectivity index (χ2n) is 3.62. The number of halogens is 2. The van der Waals surface area contributed by atoms with Crippen LogP contribution in [0.15, 0.2) is 28.9 Å². The van der Waals surface area contributed by atoms with Gasteiger partial charge in [-0.15, -0.1) is 0 Å².